The fourth-order valence-corrected chi connectivity index (χ4v) is 3.94. The van der Waals surface area contributed by atoms with Gasteiger partial charge in [0.15, 0.2) is 0 Å². The van der Waals surface area contributed by atoms with Gasteiger partial charge in [0.2, 0.25) is 5.91 Å². The van der Waals surface area contributed by atoms with Gasteiger partial charge in [-0.2, -0.15) is 0 Å². The van der Waals surface area contributed by atoms with Crippen LogP contribution < -0.4 is 5.11 Å². The molecule has 0 aromatic carbocycles. The molecule has 3 aliphatic heterocycles. The van der Waals surface area contributed by atoms with Gasteiger partial charge in [0, 0.05) is 17.9 Å². The van der Waals surface area contributed by atoms with Crippen LogP contribution in [0, 0.1) is 11.8 Å². The van der Waals surface area contributed by atoms with Crippen LogP contribution in [0.3, 0.4) is 0 Å². The summed E-state index contributed by atoms with van der Waals surface area (Å²) in [5.41, 5.74) is 0.509. The van der Waals surface area contributed by atoms with Gasteiger partial charge in [-0.3, -0.25) is 4.79 Å². The van der Waals surface area contributed by atoms with Crippen LogP contribution in [-0.2, 0) is 14.3 Å². The minimum absolute atomic E-state index is 0.0709. The summed E-state index contributed by atoms with van der Waals surface area (Å²) < 4.78 is 5.84. The zero-order valence-electron chi connectivity index (χ0n) is 13.2. The number of hydrogen-bond acceptors (Lipinski definition) is 4. The normalized spacial score (nSPS) is 36.6. The number of carbonyl (C=O) groups is 2. The van der Waals surface area contributed by atoms with E-state index in [1.807, 2.05) is 13.0 Å². The number of amides is 1. The number of hydrogen-bond donors (Lipinski definition) is 0. The lowest BCUT2D eigenvalue weighted by Gasteiger charge is -2.27. The van der Waals surface area contributed by atoms with Gasteiger partial charge in [-0.05, 0) is 33.6 Å². The third-order valence-corrected chi connectivity index (χ3v) is 5.07. The molecule has 0 aromatic rings. The predicted octanol–water partition coefficient (Wildman–Crippen LogP) is 0.653. The second kappa shape index (κ2) is 5.23. The van der Waals surface area contributed by atoms with Gasteiger partial charge >= 0.3 is 0 Å². The molecule has 22 heavy (non-hydrogen) atoms. The molecule has 0 N–H and O–H groups in total. The van der Waals surface area contributed by atoms with Gasteiger partial charge in [0.1, 0.15) is 5.60 Å². The molecule has 5 atom stereocenters. The van der Waals surface area contributed by atoms with Crippen LogP contribution in [0.2, 0.25) is 0 Å². The van der Waals surface area contributed by atoms with E-state index in [1.165, 1.54) is 5.57 Å². The number of likely N-dealkylation sites (tertiary alicyclic amines) is 1. The highest BCUT2D eigenvalue weighted by atomic mass is 16.5. The molecular formula is C17H22NO4-. The summed E-state index contributed by atoms with van der Waals surface area (Å²) in [5, 5.41) is 11.4. The number of rotatable bonds is 5. The molecule has 1 amide bonds. The molecular weight excluding hydrogens is 282 g/mol. The zero-order valence-corrected chi connectivity index (χ0v) is 13.2. The van der Waals surface area contributed by atoms with Crippen LogP contribution in [-0.4, -0.2) is 41.1 Å². The molecule has 2 fully saturated rings. The van der Waals surface area contributed by atoms with Crippen molar-refractivity contribution in [3.8, 4) is 0 Å². The van der Waals surface area contributed by atoms with Crippen molar-refractivity contribution in [2.24, 2.45) is 11.8 Å². The largest absolute Gasteiger partial charge is 0.550 e. The van der Waals surface area contributed by atoms with Crippen LogP contribution >= 0.6 is 0 Å². The zero-order chi connectivity index (χ0) is 16.1. The van der Waals surface area contributed by atoms with Crippen molar-refractivity contribution >= 4 is 11.9 Å². The maximum absolute atomic E-state index is 12.7. The Kier molecular flexibility index (Phi) is 3.63. The van der Waals surface area contributed by atoms with Crippen LogP contribution in [0.25, 0.3) is 0 Å². The highest BCUT2D eigenvalue weighted by Crippen LogP contribution is 2.52. The minimum Gasteiger partial charge on any atom is -0.550 e. The fraction of sp³-hybridized carbons (Fsp3) is 0.647. The Morgan fingerprint density at radius 3 is 2.95 bits per heavy atom. The molecule has 3 aliphatic rings. The average Bonchev–Trinajstić information content (AvgIpc) is 3.06. The van der Waals surface area contributed by atoms with E-state index in [0.717, 1.165) is 12.8 Å². The topological polar surface area (TPSA) is 69.7 Å². The van der Waals surface area contributed by atoms with E-state index in [0.29, 0.717) is 6.54 Å². The highest BCUT2D eigenvalue weighted by Gasteiger charge is 2.65. The Balaban J connectivity index is 1.76. The van der Waals surface area contributed by atoms with Gasteiger partial charge in [0.25, 0.3) is 0 Å². The van der Waals surface area contributed by atoms with Crippen molar-refractivity contribution in [3.05, 3.63) is 23.8 Å². The molecule has 2 bridgehead atoms. The van der Waals surface area contributed by atoms with E-state index in [2.05, 4.69) is 19.9 Å². The van der Waals surface area contributed by atoms with E-state index in [4.69, 9.17) is 4.74 Å². The number of ether oxygens (including phenoxy) is 1. The molecule has 3 heterocycles. The first-order valence-corrected chi connectivity index (χ1v) is 7.87. The monoisotopic (exact) mass is 304 g/mol. The lowest BCUT2D eigenvalue weighted by atomic mass is 9.77. The second-order valence-corrected chi connectivity index (χ2v) is 6.89. The van der Waals surface area contributed by atoms with Gasteiger partial charge in [-0.1, -0.05) is 23.8 Å². The van der Waals surface area contributed by atoms with Crippen LogP contribution in [0.15, 0.2) is 23.8 Å². The maximum atomic E-state index is 12.7. The summed E-state index contributed by atoms with van der Waals surface area (Å²) >= 11 is 0. The van der Waals surface area contributed by atoms with Crippen LogP contribution in [0.1, 0.15) is 33.6 Å². The van der Waals surface area contributed by atoms with Gasteiger partial charge in [-0.25, -0.2) is 0 Å². The first kappa shape index (κ1) is 15.3. The van der Waals surface area contributed by atoms with Crippen molar-refractivity contribution in [2.75, 3.05) is 6.54 Å². The molecule has 0 aromatic heterocycles. The maximum Gasteiger partial charge on any atom is 0.230 e. The van der Waals surface area contributed by atoms with Crippen molar-refractivity contribution in [1.29, 1.82) is 0 Å². The van der Waals surface area contributed by atoms with E-state index in [-0.39, 0.29) is 11.9 Å². The lowest BCUT2D eigenvalue weighted by molar-refractivity contribution is -0.313. The van der Waals surface area contributed by atoms with Crippen LogP contribution in [0.4, 0.5) is 0 Å². The number of carboxylic acid groups (broad SMARTS) is 1. The summed E-state index contributed by atoms with van der Waals surface area (Å²) in [7, 11) is 0. The Bertz CT molecular complexity index is 563. The smallest absolute Gasteiger partial charge is 0.230 e. The number of fused-ring (bicyclic) bond motifs is 1. The van der Waals surface area contributed by atoms with Crippen LogP contribution in [0.5, 0.6) is 0 Å². The molecule has 120 valence electrons. The molecule has 0 aliphatic carbocycles. The Hall–Kier alpha value is -1.62. The van der Waals surface area contributed by atoms with Crippen molar-refractivity contribution in [2.45, 2.75) is 51.4 Å². The number of nitrogens with zero attached hydrogens (tertiary/aromatic N) is 1. The number of aliphatic carboxylic acids is 1. The Morgan fingerprint density at radius 2 is 2.32 bits per heavy atom. The third-order valence-electron chi connectivity index (χ3n) is 5.07. The van der Waals surface area contributed by atoms with Crippen molar-refractivity contribution in [3.63, 3.8) is 0 Å². The van der Waals surface area contributed by atoms with Crippen molar-refractivity contribution in [1.82, 2.24) is 4.90 Å². The Labute approximate surface area is 130 Å². The average molecular weight is 304 g/mol. The number of carbonyl (C=O) groups excluding carboxylic acids is 2. The summed E-state index contributed by atoms with van der Waals surface area (Å²) in [4.78, 5) is 25.9. The van der Waals surface area contributed by atoms with E-state index >= 15 is 0 Å². The molecule has 5 unspecified atom stereocenters. The van der Waals surface area contributed by atoms with Gasteiger partial charge < -0.3 is 19.5 Å². The standard InChI is InChI=1S/C17H23NO4/c1-10(2)5-4-6-11(3)18-9-17-8-7-12(22-17)13(16(20)21)14(17)15(18)19/h5,7-8,11-14H,4,6,9H2,1-3H3,(H,20,21)/p-1. The van der Waals surface area contributed by atoms with E-state index < -0.39 is 29.5 Å². The summed E-state index contributed by atoms with van der Waals surface area (Å²) in [6.07, 6.45) is 7.06. The minimum atomic E-state index is -1.19. The molecule has 2 saturated heterocycles. The summed E-state index contributed by atoms with van der Waals surface area (Å²) in [6.45, 7) is 6.56. The quantitative estimate of drug-likeness (QED) is 0.699. The number of carboxylic acids is 1. The van der Waals surface area contributed by atoms with Crippen molar-refractivity contribution < 1.29 is 19.4 Å². The second-order valence-electron chi connectivity index (χ2n) is 6.89. The molecule has 3 rings (SSSR count). The molecule has 0 saturated carbocycles. The third kappa shape index (κ3) is 2.19. The summed E-state index contributed by atoms with van der Waals surface area (Å²) in [5.74, 6) is -2.77. The van der Waals surface area contributed by atoms with Gasteiger partial charge in [0.05, 0.1) is 18.6 Å². The number of allylic oxidation sites excluding steroid dienone is 2. The Morgan fingerprint density at radius 1 is 1.59 bits per heavy atom. The predicted molar refractivity (Wildman–Crippen MR) is 78.6 cm³/mol. The lowest BCUT2D eigenvalue weighted by Crippen LogP contribution is -2.45. The summed E-state index contributed by atoms with van der Waals surface area (Å²) in [6, 6.07) is 0.0709. The molecule has 5 heteroatoms. The van der Waals surface area contributed by atoms with E-state index in [9.17, 15) is 14.7 Å². The highest BCUT2D eigenvalue weighted by molar-refractivity contribution is 5.90. The molecule has 1 spiro atoms. The molecule has 0 radical (unpaired) electrons. The first-order valence-electron chi connectivity index (χ1n) is 7.87. The SMILES string of the molecule is CC(C)=CCCC(C)N1CC23C=CC(O2)C(C(=O)[O-])C3C1=O. The first-order chi connectivity index (χ1) is 10.4. The van der Waals surface area contributed by atoms with E-state index in [1.54, 1.807) is 11.0 Å². The molecule has 5 nitrogen and oxygen atoms in total. The fourth-order valence-electron chi connectivity index (χ4n) is 3.94. The van der Waals surface area contributed by atoms with Gasteiger partial charge in [-0.15, -0.1) is 0 Å².